The van der Waals surface area contributed by atoms with E-state index < -0.39 is 6.04 Å². The van der Waals surface area contributed by atoms with E-state index in [9.17, 15) is 9.18 Å². The molecule has 0 aliphatic carbocycles. The Morgan fingerprint density at radius 1 is 1.26 bits per heavy atom. The van der Waals surface area contributed by atoms with Gasteiger partial charge in [0.1, 0.15) is 5.82 Å². The molecule has 3 heterocycles. The Kier molecular flexibility index (Phi) is 3.06. The lowest BCUT2D eigenvalue weighted by Crippen LogP contribution is -2.54. The molecule has 0 saturated carbocycles. The fraction of sp³-hybridized carbons (Fsp3) is 0.412. The Bertz CT molecular complexity index is 783. The van der Waals surface area contributed by atoms with Gasteiger partial charge in [0, 0.05) is 12.0 Å². The van der Waals surface area contributed by atoms with Gasteiger partial charge >= 0.3 is 0 Å². The molecule has 3 atom stereocenters. The molecule has 0 bridgehead atoms. The van der Waals surface area contributed by atoms with Crippen LogP contribution in [0.3, 0.4) is 0 Å². The zero-order valence-corrected chi connectivity index (χ0v) is 13.2. The van der Waals surface area contributed by atoms with Gasteiger partial charge in [-0.1, -0.05) is 6.92 Å². The Hall–Kier alpha value is -2.21. The second kappa shape index (κ2) is 4.89. The third-order valence-corrected chi connectivity index (χ3v) is 5.02. The number of benzene rings is 1. The summed E-state index contributed by atoms with van der Waals surface area (Å²) in [5, 5.41) is 4.73. The van der Waals surface area contributed by atoms with Crippen molar-refractivity contribution in [2.45, 2.75) is 44.7 Å². The molecule has 2 N–H and O–H groups in total. The molecule has 5 nitrogen and oxygen atoms in total. The lowest BCUT2D eigenvalue weighted by atomic mass is 9.87. The normalized spacial score (nSPS) is 26.3. The van der Waals surface area contributed by atoms with Crippen LogP contribution in [0.5, 0.6) is 0 Å². The van der Waals surface area contributed by atoms with E-state index in [4.69, 9.17) is 10.8 Å². The highest BCUT2D eigenvalue weighted by Crippen LogP contribution is 2.43. The van der Waals surface area contributed by atoms with Gasteiger partial charge in [0.2, 0.25) is 5.91 Å². The minimum atomic E-state index is -0.563. The lowest BCUT2D eigenvalue weighted by molar-refractivity contribution is -0.121. The number of carbonyl (C=O) groups excluding carboxylic acids is 1. The van der Waals surface area contributed by atoms with Gasteiger partial charge in [0.05, 0.1) is 28.8 Å². The number of amides is 1. The Labute approximate surface area is 133 Å². The van der Waals surface area contributed by atoms with Gasteiger partial charge in [-0.2, -0.15) is 5.10 Å². The van der Waals surface area contributed by atoms with Crippen LogP contribution in [-0.2, 0) is 11.2 Å². The molecule has 1 aromatic carbocycles. The third kappa shape index (κ3) is 1.94. The maximum absolute atomic E-state index is 13.2. The molecule has 0 radical (unpaired) electrons. The maximum atomic E-state index is 13.2. The molecule has 23 heavy (non-hydrogen) atoms. The van der Waals surface area contributed by atoms with E-state index in [1.54, 1.807) is 12.1 Å². The number of carbonyl (C=O) groups is 1. The predicted molar refractivity (Wildman–Crippen MR) is 85.2 cm³/mol. The summed E-state index contributed by atoms with van der Waals surface area (Å²) in [7, 11) is 0. The standard InChI is InChI=1S/C17H19FN4O/c1-9-3-8-13-16-15(10(2)14(19)17(23)21(9)16)20-22(13)12-6-4-11(18)5-7-12/h4-7,9-10,14H,3,8,19H2,1-2H3/t9?,10-,14?/m0/s1. The van der Waals surface area contributed by atoms with Crippen molar-refractivity contribution in [3.8, 4) is 5.69 Å². The van der Waals surface area contributed by atoms with Gasteiger partial charge in [0.15, 0.2) is 0 Å². The molecule has 1 aromatic heterocycles. The van der Waals surface area contributed by atoms with Crippen LogP contribution in [0.2, 0.25) is 0 Å². The van der Waals surface area contributed by atoms with E-state index in [0.29, 0.717) is 0 Å². The van der Waals surface area contributed by atoms with Crippen LogP contribution in [0.15, 0.2) is 24.3 Å². The number of hydrogen-bond donors (Lipinski definition) is 1. The molecule has 120 valence electrons. The molecule has 0 fully saturated rings. The van der Waals surface area contributed by atoms with Crippen molar-refractivity contribution >= 4 is 11.6 Å². The van der Waals surface area contributed by atoms with E-state index in [1.807, 2.05) is 23.4 Å². The molecule has 2 aromatic rings. The van der Waals surface area contributed by atoms with Crippen LogP contribution in [0.1, 0.15) is 37.6 Å². The number of nitrogens with zero attached hydrogens (tertiary/aromatic N) is 3. The summed E-state index contributed by atoms with van der Waals surface area (Å²) in [5.41, 5.74) is 9.71. The van der Waals surface area contributed by atoms with Gasteiger partial charge in [0.25, 0.3) is 0 Å². The van der Waals surface area contributed by atoms with Crippen molar-refractivity contribution in [2.24, 2.45) is 5.73 Å². The largest absolute Gasteiger partial charge is 0.319 e. The van der Waals surface area contributed by atoms with Crippen molar-refractivity contribution < 1.29 is 9.18 Å². The van der Waals surface area contributed by atoms with Crippen LogP contribution in [0, 0.1) is 5.82 Å². The van der Waals surface area contributed by atoms with Crippen molar-refractivity contribution in [3.05, 3.63) is 41.5 Å². The molecular weight excluding hydrogens is 295 g/mol. The van der Waals surface area contributed by atoms with E-state index in [1.165, 1.54) is 12.1 Å². The smallest absolute Gasteiger partial charge is 0.244 e. The topological polar surface area (TPSA) is 64.2 Å². The van der Waals surface area contributed by atoms with Crippen LogP contribution in [0.4, 0.5) is 10.1 Å². The average Bonchev–Trinajstić information content (AvgIpc) is 2.92. The molecule has 2 aliphatic heterocycles. The van der Waals surface area contributed by atoms with Crippen molar-refractivity contribution in [2.75, 3.05) is 4.90 Å². The fourth-order valence-corrected chi connectivity index (χ4v) is 3.62. The first-order chi connectivity index (χ1) is 11.0. The first-order valence-corrected chi connectivity index (χ1v) is 7.95. The first-order valence-electron chi connectivity index (χ1n) is 7.95. The Morgan fingerprint density at radius 3 is 2.65 bits per heavy atom. The molecule has 1 amide bonds. The summed E-state index contributed by atoms with van der Waals surface area (Å²) in [6, 6.07) is 5.82. The van der Waals surface area contributed by atoms with Gasteiger partial charge in [-0.05, 0) is 44.0 Å². The van der Waals surface area contributed by atoms with Gasteiger partial charge in [-0.25, -0.2) is 9.07 Å². The van der Waals surface area contributed by atoms with Crippen LogP contribution >= 0.6 is 0 Å². The highest BCUT2D eigenvalue weighted by atomic mass is 19.1. The highest BCUT2D eigenvalue weighted by Gasteiger charge is 2.44. The molecule has 2 aliphatic rings. The zero-order valence-electron chi connectivity index (χ0n) is 13.2. The molecule has 0 spiro atoms. The maximum Gasteiger partial charge on any atom is 0.244 e. The number of aromatic nitrogens is 2. The second-order valence-corrected chi connectivity index (χ2v) is 6.48. The van der Waals surface area contributed by atoms with Crippen molar-refractivity contribution in [1.29, 1.82) is 0 Å². The third-order valence-electron chi connectivity index (χ3n) is 5.02. The monoisotopic (exact) mass is 314 g/mol. The number of anilines is 1. The molecule has 0 saturated heterocycles. The summed E-state index contributed by atoms with van der Waals surface area (Å²) in [4.78, 5) is 14.4. The van der Waals surface area contributed by atoms with E-state index in [2.05, 4.69) is 0 Å². The summed E-state index contributed by atoms with van der Waals surface area (Å²) in [6.45, 7) is 3.99. The minimum Gasteiger partial charge on any atom is -0.319 e. The van der Waals surface area contributed by atoms with E-state index in [0.717, 1.165) is 35.6 Å². The van der Waals surface area contributed by atoms with Crippen LogP contribution in [0.25, 0.3) is 5.69 Å². The predicted octanol–water partition coefficient (Wildman–Crippen LogP) is 2.12. The van der Waals surface area contributed by atoms with Crippen molar-refractivity contribution in [3.63, 3.8) is 0 Å². The zero-order chi connectivity index (χ0) is 16.3. The Morgan fingerprint density at radius 2 is 1.96 bits per heavy atom. The molecule has 6 heteroatoms. The number of nitrogens with two attached hydrogens (primary N) is 1. The summed E-state index contributed by atoms with van der Waals surface area (Å²) < 4.78 is 15.0. The quantitative estimate of drug-likeness (QED) is 0.877. The fourth-order valence-electron chi connectivity index (χ4n) is 3.62. The summed E-state index contributed by atoms with van der Waals surface area (Å²) in [6.07, 6.45) is 1.71. The van der Waals surface area contributed by atoms with Gasteiger partial charge in [-0.15, -0.1) is 0 Å². The minimum absolute atomic E-state index is 0.0305. The van der Waals surface area contributed by atoms with Gasteiger partial charge in [-0.3, -0.25) is 4.79 Å². The summed E-state index contributed by atoms with van der Waals surface area (Å²) in [5.74, 6) is -0.434. The molecule has 2 unspecified atom stereocenters. The molecular formula is C17H19FN4O. The Balaban J connectivity index is 1.94. The van der Waals surface area contributed by atoms with Crippen LogP contribution < -0.4 is 10.6 Å². The average molecular weight is 314 g/mol. The number of hydrogen-bond acceptors (Lipinski definition) is 3. The van der Waals surface area contributed by atoms with Gasteiger partial charge < -0.3 is 10.6 Å². The summed E-state index contributed by atoms with van der Waals surface area (Å²) >= 11 is 0. The highest BCUT2D eigenvalue weighted by molar-refractivity contribution is 6.02. The van der Waals surface area contributed by atoms with E-state index in [-0.39, 0.29) is 23.7 Å². The second-order valence-electron chi connectivity index (χ2n) is 6.48. The SMILES string of the molecule is CC1CCc2c3c(nn2-c2ccc(F)cc2)[C@@H](C)C(N)C(=O)N31. The first kappa shape index (κ1) is 14.4. The van der Waals surface area contributed by atoms with E-state index >= 15 is 0 Å². The number of halogens is 1. The molecule has 4 rings (SSSR count). The van der Waals surface area contributed by atoms with Crippen molar-refractivity contribution in [1.82, 2.24) is 9.78 Å². The number of rotatable bonds is 1. The lowest BCUT2D eigenvalue weighted by Gasteiger charge is -2.40. The van der Waals surface area contributed by atoms with Crippen LogP contribution in [-0.4, -0.2) is 27.8 Å².